The molecule has 1 N–H and O–H groups in total. The van der Waals surface area contributed by atoms with Crippen LogP contribution in [0.1, 0.15) is 11.1 Å². The zero-order valence-corrected chi connectivity index (χ0v) is 11.3. The molecule has 0 aliphatic heterocycles. The van der Waals surface area contributed by atoms with Gasteiger partial charge in [-0.15, -0.1) is 0 Å². The Morgan fingerprint density at radius 2 is 2.00 bits per heavy atom. The number of nitriles is 1. The van der Waals surface area contributed by atoms with Crippen LogP contribution in [0.15, 0.2) is 40.9 Å². The average molecular weight is 305 g/mol. The van der Waals surface area contributed by atoms with E-state index >= 15 is 0 Å². The summed E-state index contributed by atoms with van der Waals surface area (Å²) < 4.78 is 14.2. The SMILES string of the molecule is Cc1ccc(Br)c(Nc2cc(F)cc(C#N)c2)c1. The van der Waals surface area contributed by atoms with Crippen LogP contribution in [0.4, 0.5) is 15.8 Å². The van der Waals surface area contributed by atoms with E-state index < -0.39 is 5.82 Å². The summed E-state index contributed by atoms with van der Waals surface area (Å²) in [4.78, 5) is 0. The fourth-order valence-electron chi connectivity index (χ4n) is 1.62. The Balaban J connectivity index is 2.37. The van der Waals surface area contributed by atoms with Gasteiger partial charge in [-0.3, -0.25) is 0 Å². The van der Waals surface area contributed by atoms with E-state index in [1.54, 1.807) is 6.07 Å². The van der Waals surface area contributed by atoms with Gasteiger partial charge >= 0.3 is 0 Å². The highest BCUT2D eigenvalue weighted by atomic mass is 79.9. The molecule has 0 aliphatic carbocycles. The molecule has 4 heteroatoms. The second-order valence-electron chi connectivity index (χ2n) is 3.95. The Bertz CT molecular complexity index is 632. The molecule has 90 valence electrons. The average Bonchev–Trinajstić information content (AvgIpc) is 2.33. The van der Waals surface area contributed by atoms with Gasteiger partial charge in [0.2, 0.25) is 0 Å². The van der Waals surface area contributed by atoms with E-state index in [9.17, 15) is 4.39 Å². The van der Waals surface area contributed by atoms with Crippen molar-refractivity contribution in [3.8, 4) is 6.07 Å². The van der Waals surface area contributed by atoms with Crippen molar-refractivity contribution in [2.45, 2.75) is 6.92 Å². The van der Waals surface area contributed by atoms with Crippen molar-refractivity contribution in [3.63, 3.8) is 0 Å². The third-order valence-electron chi connectivity index (χ3n) is 2.43. The van der Waals surface area contributed by atoms with Crippen LogP contribution in [-0.4, -0.2) is 0 Å². The number of halogens is 2. The molecule has 2 aromatic carbocycles. The van der Waals surface area contributed by atoms with Gasteiger partial charge in [-0.05, 0) is 58.7 Å². The van der Waals surface area contributed by atoms with E-state index in [2.05, 4.69) is 21.2 Å². The summed E-state index contributed by atoms with van der Waals surface area (Å²) in [7, 11) is 0. The first-order chi connectivity index (χ1) is 8.58. The maximum Gasteiger partial charge on any atom is 0.126 e. The number of nitrogens with one attached hydrogen (secondary N) is 1. The summed E-state index contributed by atoms with van der Waals surface area (Å²) >= 11 is 3.42. The summed E-state index contributed by atoms with van der Waals surface area (Å²) in [6.07, 6.45) is 0. The molecule has 2 rings (SSSR count). The van der Waals surface area contributed by atoms with E-state index in [0.717, 1.165) is 15.7 Å². The zero-order valence-electron chi connectivity index (χ0n) is 9.67. The molecule has 0 saturated heterocycles. The summed E-state index contributed by atoms with van der Waals surface area (Å²) in [5.74, 6) is -0.430. The zero-order chi connectivity index (χ0) is 13.1. The quantitative estimate of drug-likeness (QED) is 0.886. The van der Waals surface area contributed by atoms with E-state index in [4.69, 9.17) is 5.26 Å². The minimum atomic E-state index is -0.430. The summed E-state index contributed by atoms with van der Waals surface area (Å²) in [5.41, 5.74) is 2.78. The van der Waals surface area contributed by atoms with Crippen molar-refractivity contribution < 1.29 is 4.39 Å². The number of benzene rings is 2. The molecular weight excluding hydrogens is 295 g/mol. The first-order valence-corrected chi connectivity index (χ1v) is 6.11. The van der Waals surface area contributed by atoms with Crippen LogP contribution in [0, 0.1) is 24.1 Å². The molecule has 0 unspecified atom stereocenters. The fourth-order valence-corrected chi connectivity index (χ4v) is 1.96. The topological polar surface area (TPSA) is 35.8 Å². The van der Waals surface area contributed by atoms with E-state index in [1.807, 2.05) is 31.2 Å². The maximum absolute atomic E-state index is 13.3. The number of aryl methyl sites for hydroxylation is 1. The Morgan fingerprint density at radius 3 is 2.72 bits per heavy atom. The molecule has 0 bridgehead atoms. The molecule has 0 fully saturated rings. The predicted molar refractivity (Wildman–Crippen MR) is 73.3 cm³/mol. The largest absolute Gasteiger partial charge is 0.354 e. The molecule has 18 heavy (non-hydrogen) atoms. The lowest BCUT2D eigenvalue weighted by Gasteiger charge is -2.10. The number of rotatable bonds is 2. The minimum absolute atomic E-state index is 0.293. The molecule has 0 heterocycles. The molecule has 0 radical (unpaired) electrons. The molecule has 0 aromatic heterocycles. The minimum Gasteiger partial charge on any atom is -0.354 e. The molecule has 2 nitrogen and oxygen atoms in total. The van der Waals surface area contributed by atoms with Gasteiger partial charge in [0.1, 0.15) is 5.82 Å². The van der Waals surface area contributed by atoms with Gasteiger partial charge in [-0.1, -0.05) is 6.07 Å². The van der Waals surface area contributed by atoms with E-state index in [0.29, 0.717) is 11.3 Å². The van der Waals surface area contributed by atoms with Crippen molar-refractivity contribution in [1.29, 1.82) is 5.26 Å². The van der Waals surface area contributed by atoms with Crippen LogP contribution in [0.2, 0.25) is 0 Å². The Labute approximate surface area is 113 Å². The van der Waals surface area contributed by atoms with Crippen molar-refractivity contribution in [1.82, 2.24) is 0 Å². The molecule has 0 atom stereocenters. The van der Waals surface area contributed by atoms with Gasteiger partial charge < -0.3 is 5.32 Å². The van der Waals surface area contributed by atoms with Gasteiger partial charge in [0.15, 0.2) is 0 Å². The fraction of sp³-hybridized carbons (Fsp3) is 0.0714. The van der Waals surface area contributed by atoms with Gasteiger partial charge in [-0.25, -0.2) is 4.39 Å². The Hall–Kier alpha value is -1.86. The molecule has 0 amide bonds. The third-order valence-corrected chi connectivity index (χ3v) is 3.12. The predicted octanol–water partition coefficient (Wildman–Crippen LogP) is 4.51. The highest BCUT2D eigenvalue weighted by Crippen LogP contribution is 2.27. The van der Waals surface area contributed by atoms with Crippen molar-refractivity contribution >= 4 is 27.3 Å². The first-order valence-electron chi connectivity index (χ1n) is 5.32. The van der Waals surface area contributed by atoms with Crippen molar-refractivity contribution in [3.05, 3.63) is 57.8 Å². The summed E-state index contributed by atoms with van der Waals surface area (Å²) in [5, 5.41) is 11.9. The molecule has 0 saturated carbocycles. The van der Waals surface area contributed by atoms with Gasteiger partial charge in [0.25, 0.3) is 0 Å². The molecule has 0 aliphatic rings. The van der Waals surface area contributed by atoms with Crippen LogP contribution in [0.5, 0.6) is 0 Å². The molecular formula is C14H10BrFN2. The molecule has 2 aromatic rings. The van der Waals surface area contributed by atoms with E-state index in [1.165, 1.54) is 12.1 Å². The number of hydrogen-bond donors (Lipinski definition) is 1. The highest BCUT2D eigenvalue weighted by Gasteiger charge is 2.04. The van der Waals surface area contributed by atoms with Crippen LogP contribution < -0.4 is 5.32 Å². The maximum atomic E-state index is 13.3. The van der Waals surface area contributed by atoms with Gasteiger partial charge in [0, 0.05) is 10.2 Å². The number of nitrogens with zero attached hydrogens (tertiary/aromatic N) is 1. The van der Waals surface area contributed by atoms with Gasteiger partial charge in [-0.2, -0.15) is 5.26 Å². The lowest BCUT2D eigenvalue weighted by molar-refractivity contribution is 0.628. The second kappa shape index (κ2) is 5.19. The van der Waals surface area contributed by atoms with Crippen molar-refractivity contribution in [2.75, 3.05) is 5.32 Å². The van der Waals surface area contributed by atoms with Crippen LogP contribution in [0.3, 0.4) is 0 Å². The second-order valence-corrected chi connectivity index (χ2v) is 4.80. The third kappa shape index (κ3) is 2.88. The monoisotopic (exact) mass is 304 g/mol. The smallest absolute Gasteiger partial charge is 0.126 e. The molecule has 0 spiro atoms. The Morgan fingerprint density at radius 1 is 1.22 bits per heavy atom. The normalized spacial score (nSPS) is 9.89. The summed E-state index contributed by atoms with van der Waals surface area (Å²) in [6, 6.07) is 11.9. The first kappa shape index (κ1) is 12.6. The van der Waals surface area contributed by atoms with Crippen LogP contribution in [0.25, 0.3) is 0 Å². The van der Waals surface area contributed by atoms with Crippen LogP contribution in [-0.2, 0) is 0 Å². The van der Waals surface area contributed by atoms with Crippen molar-refractivity contribution in [2.24, 2.45) is 0 Å². The number of hydrogen-bond acceptors (Lipinski definition) is 2. The highest BCUT2D eigenvalue weighted by molar-refractivity contribution is 9.10. The lowest BCUT2D eigenvalue weighted by Crippen LogP contribution is -1.94. The van der Waals surface area contributed by atoms with E-state index in [-0.39, 0.29) is 0 Å². The van der Waals surface area contributed by atoms with Gasteiger partial charge in [0.05, 0.1) is 17.3 Å². The Kier molecular flexibility index (Phi) is 3.63. The number of anilines is 2. The van der Waals surface area contributed by atoms with Crippen LogP contribution >= 0.6 is 15.9 Å². The lowest BCUT2D eigenvalue weighted by atomic mass is 10.2. The standard InChI is InChI=1S/C14H10BrFN2/c1-9-2-3-13(15)14(4-9)18-12-6-10(8-17)5-11(16)7-12/h2-7,18H,1H3. The summed E-state index contributed by atoms with van der Waals surface area (Å²) in [6.45, 7) is 1.98.